The van der Waals surface area contributed by atoms with E-state index in [-0.39, 0.29) is 5.91 Å². The fourth-order valence-electron chi connectivity index (χ4n) is 4.47. The third-order valence-electron chi connectivity index (χ3n) is 6.11. The van der Waals surface area contributed by atoms with Crippen LogP contribution in [0.15, 0.2) is 55.1 Å². The summed E-state index contributed by atoms with van der Waals surface area (Å²) in [4.78, 5) is 36.1. The zero-order chi connectivity index (χ0) is 23.5. The van der Waals surface area contributed by atoms with Crippen molar-refractivity contribution in [2.24, 2.45) is 0 Å². The van der Waals surface area contributed by atoms with E-state index >= 15 is 0 Å². The molecule has 7 rings (SSSR count). The summed E-state index contributed by atoms with van der Waals surface area (Å²) >= 11 is 1.50. The van der Waals surface area contributed by atoms with E-state index in [2.05, 4.69) is 30.1 Å². The minimum atomic E-state index is 0.0120. The highest BCUT2D eigenvalue weighted by Gasteiger charge is 2.13. The number of nitrogens with one attached hydrogen (secondary N) is 2. The number of aromatic nitrogens is 8. The van der Waals surface area contributed by atoms with E-state index in [4.69, 9.17) is 4.98 Å². The number of fused-ring (bicyclic) bond motifs is 9. The molecule has 7 heterocycles. The summed E-state index contributed by atoms with van der Waals surface area (Å²) in [6, 6.07) is 9.78. The molecule has 0 aliphatic rings. The normalized spacial score (nSPS) is 11.9. The van der Waals surface area contributed by atoms with Crippen LogP contribution in [0.2, 0.25) is 0 Å². The van der Waals surface area contributed by atoms with Crippen LogP contribution in [0.1, 0.15) is 24.6 Å². The Morgan fingerprint density at radius 3 is 2.89 bits per heavy atom. The molecule has 0 aliphatic carbocycles. The van der Waals surface area contributed by atoms with Gasteiger partial charge in [0, 0.05) is 29.6 Å². The Morgan fingerprint density at radius 2 is 1.97 bits per heavy atom. The maximum Gasteiger partial charge on any atom is 0.232 e. The first kappa shape index (κ1) is 20.0. The average Bonchev–Trinajstić information content (AvgIpc) is 3.61. The highest BCUT2D eigenvalue weighted by Crippen LogP contribution is 2.29. The first-order chi connectivity index (χ1) is 17.2. The molecule has 35 heavy (non-hydrogen) atoms. The Morgan fingerprint density at radius 1 is 1.03 bits per heavy atom. The van der Waals surface area contributed by atoms with E-state index in [0.29, 0.717) is 23.1 Å². The molecule has 170 valence electrons. The summed E-state index contributed by atoms with van der Waals surface area (Å²) in [5.41, 5.74) is 5.97. The molecule has 0 spiro atoms. The standard InChI is InChI=1S/C25H18N8OS/c1-2-3-20(34)33-14-8-13(10-26-11-14)17-9-15-18(12-28-17)31-32-22(15)25-29-16-6-7-27-24(23(16)30-25)19-4-5-21(33)35-19/h4-12H,2-3H2,1H3,(H,29,30)(H,31,32). The summed E-state index contributed by atoms with van der Waals surface area (Å²) in [6.45, 7) is 2.00. The SMILES string of the molecule is CCCC(=O)n1c2cncc(c2)c2cc3c(cn2)[nH]nc3c2nc3c(ccnc3c3ccc1s3)[nH]2. The number of hydrogen-bond acceptors (Lipinski definition) is 7. The predicted octanol–water partition coefficient (Wildman–Crippen LogP) is 5.66. The van der Waals surface area contributed by atoms with Gasteiger partial charge in [-0.1, -0.05) is 6.92 Å². The van der Waals surface area contributed by atoms with Crippen LogP contribution in [0.3, 0.4) is 0 Å². The number of nitrogens with zero attached hydrogens (tertiary/aromatic N) is 6. The fourth-order valence-corrected chi connectivity index (χ4v) is 5.51. The molecule has 10 heteroatoms. The zero-order valence-corrected chi connectivity index (χ0v) is 19.4. The van der Waals surface area contributed by atoms with Crippen LogP contribution >= 0.6 is 11.3 Å². The van der Waals surface area contributed by atoms with E-state index in [9.17, 15) is 4.79 Å². The van der Waals surface area contributed by atoms with Crippen molar-refractivity contribution in [1.82, 2.24) is 39.7 Å². The van der Waals surface area contributed by atoms with Crippen LogP contribution < -0.4 is 0 Å². The Balaban J connectivity index is 1.76. The van der Waals surface area contributed by atoms with Crippen molar-refractivity contribution in [3.63, 3.8) is 0 Å². The average molecular weight is 479 g/mol. The molecule has 0 saturated carbocycles. The van der Waals surface area contributed by atoms with Gasteiger partial charge in [0.2, 0.25) is 5.91 Å². The first-order valence-corrected chi connectivity index (χ1v) is 12.1. The van der Waals surface area contributed by atoms with Gasteiger partial charge in [-0.05, 0) is 36.8 Å². The second-order valence-corrected chi connectivity index (χ2v) is 9.44. The lowest BCUT2D eigenvalue weighted by Crippen LogP contribution is -2.10. The van der Waals surface area contributed by atoms with E-state index in [1.807, 2.05) is 37.3 Å². The third-order valence-corrected chi connectivity index (χ3v) is 7.19. The first-order valence-electron chi connectivity index (χ1n) is 11.3. The molecular formula is C25H18N8OS. The van der Waals surface area contributed by atoms with Gasteiger partial charge in [-0.25, -0.2) is 4.98 Å². The molecule has 7 aromatic rings. The van der Waals surface area contributed by atoms with E-state index in [1.165, 1.54) is 11.3 Å². The number of pyridine rings is 3. The largest absolute Gasteiger partial charge is 0.336 e. The molecule has 0 amide bonds. The van der Waals surface area contributed by atoms with Gasteiger partial charge in [0.05, 0.1) is 39.2 Å². The third kappa shape index (κ3) is 3.07. The number of carbonyl (C=O) groups excluding carboxylic acids is 1. The Bertz CT molecular complexity index is 2010. The van der Waals surface area contributed by atoms with Gasteiger partial charge < -0.3 is 4.98 Å². The van der Waals surface area contributed by atoms with Crippen LogP contribution in [0.5, 0.6) is 0 Å². The lowest BCUT2D eigenvalue weighted by atomic mass is 10.2. The maximum absolute atomic E-state index is 13.3. The van der Waals surface area contributed by atoms with E-state index < -0.39 is 0 Å². The van der Waals surface area contributed by atoms with Crippen molar-refractivity contribution in [2.45, 2.75) is 19.8 Å². The zero-order valence-electron chi connectivity index (χ0n) is 18.6. The Labute approximate surface area is 201 Å². The minimum absolute atomic E-state index is 0.0120. The number of thiophene rings is 1. The summed E-state index contributed by atoms with van der Waals surface area (Å²) < 4.78 is 2.66. The van der Waals surface area contributed by atoms with Crippen LogP contribution in [0.25, 0.3) is 64.6 Å². The number of H-pyrrole nitrogens is 2. The lowest BCUT2D eigenvalue weighted by molar-refractivity contribution is 0.0912. The quantitative estimate of drug-likeness (QED) is 0.331. The molecule has 0 fully saturated rings. The van der Waals surface area contributed by atoms with Gasteiger partial charge in [0.15, 0.2) is 5.65 Å². The van der Waals surface area contributed by atoms with E-state index in [0.717, 1.165) is 54.3 Å². The second-order valence-electron chi connectivity index (χ2n) is 8.38. The molecular weight excluding hydrogens is 460 g/mol. The molecule has 8 bridgehead atoms. The highest BCUT2D eigenvalue weighted by atomic mass is 32.1. The molecule has 0 aliphatic heterocycles. The number of rotatable bonds is 2. The predicted molar refractivity (Wildman–Crippen MR) is 138 cm³/mol. The topological polar surface area (TPSA) is 118 Å². The number of hydrogen-bond donors (Lipinski definition) is 2. The van der Waals surface area contributed by atoms with Crippen LogP contribution in [-0.2, 0) is 0 Å². The Kier molecular flexibility index (Phi) is 4.30. The van der Waals surface area contributed by atoms with Crippen molar-refractivity contribution in [3.05, 3.63) is 55.1 Å². The second kappa shape index (κ2) is 7.54. The smallest absolute Gasteiger partial charge is 0.232 e. The summed E-state index contributed by atoms with van der Waals surface area (Å²) in [5.74, 6) is 0.0120. The molecule has 0 saturated heterocycles. The Hall–Kier alpha value is -4.44. The van der Waals surface area contributed by atoms with Crippen molar-refractivity contribution in [2.75, 3.05) is 0 Å². The van der Waals surface area contributed by atoms with Crippen LogP contribution in [0, 0.1) is 0 Å². The fraction of sp³-hybridized carbons (Fsp3) is 0.120. The molecule has 0 radical (unpaired) electrons. The number of carbonyl (C=O) groups is 1. The summed E-state index contributed by atoms with van der Waals surface area (Å²) in [6.07, 6.45) is 8.17. The number of aromatic amines is 2. The van der Waals surface area contributed by atoms with Crippen molar-refractivity contribution < 1.29 is 4.79 Å². The van der Waals surface area contributed by atoms with Crippen molar-refractivity contribution >= 4 is 81.8 Å². The van der Waals surface area contributed by atoms with Crippen LogP contribution in [-0.4, -0.2) is 45.6 Å². The summed E-state index contributed by atoms with van der Waals surface area (Å²) in [5, 5.41) is 9.28. The van der Waals surface area contributed by atoms with E-state index in [1.54, 1.807) is 29.4 Å². The van der Waals surface area contributed by atoms with Gasteiger partial charge in [0.25, 0.3) is 0 Å². The molecule has 9 nitrogen and oxygen atoms in total. The highest BCUT2D eigenvalue weighted by molar-refractivity contribution is 7.24. The van der Waals surface area contributed by atoms with Crippen molar-refractivity contribution in [3.8, 4) is 0 Å². The molecule has 0 unspecified atom stereocenters. The lowest BCUT2D eigenvalue weighted by Gasteiger charge is -2.06. The number of imidazole rings is 1. The van der Waals surface area contributed by atoms with Gasteiger partial charge >= 0.3 is 0 Å². The van der Waals surface area contributed by atoms with Crippen LogP contribution in [0.4, 0.5) is 0 Å². The monoisotopic (exact) mass is 478 g/mol. The minimum Gasteiger partial charge on any atom is -0.336 e. The van der Waals surface area contributed by atoms with Gasteiger partial charge in [-0.2, -0.15) is 5.10 Å². The molecule has 2 N–H and O–H groups in total. The molecule has 0 aromatic carbocycles. The van der Waals surface area contributed by atoms with Gasteiger partial charge in [-0.15, -0.1) is 11.3 Å². The van der Waals surface area contributed by atoms with Crippen molar-refractivity contribution in [1.29, 1.82) is 0 Å². The van der Waals surface area contributed by atoms with Gasteiger partial charge in [0.1, 0.15) is 21.4 Å². The molecule has 0 atom stereocenters. The maximum atomic E-state index is 13.3. The summed E-state index contributed by atoms with van der Waals surface area (Å²) in [7, 11) is 0. The molecule has 7 aromatic heterocycles. The van der Waals surface area contributed by atoms with Gasteiger partial charge in [-0.3, -0.25) is 29.4 Å².